The quantitative estimate of drug-likeness (QED) is 0.503. The highest BCUT2D eigenvalue weighted by Gasteiger charge is 2.21. The number of ether oxygens (including phenoxy) is 1. The summed E-state index contributed by atoms with van der Waals surface area (Å²) in [6.45, 7) is 7.58. The Labute approximate surface area is 109 Å². The number of nitriles is 1. The second-order valence-electron chi connectivity index (χ2n) is 4.68. The summed E-state index contributed by atoms with van der Waals surface area (Å²) in [6.07, 6.45) is -0.122. The van der Waals surface area contributed by atoms with Crippen LogP contribution in [0.2, 0.25) is 0 Å². The molecule has 0 N–H and O–H groups in total. The predicted molar refractivity (Wildman–Crippen MR) is 69.6 cm³/mol. The van der Waals surface area contributed by atoms with Crippen LogP contribution >= 0.6 is 7.37 Å². The fourth-order valence-electron chi connectivity index (χ4n) is 1.11. The summed E-state index contributed by atoms with van der Waals surface area (Å²) in [5.74, 6) is -0.112. The van der Waals surface area contributed by atoms with Crippen LogP contribution in [0.15, 0.2) is 0 Å². The first-order valence-electron chi connectivity index (χ1n) is 6.11. The Morgan fingerprint density at radius 3 is 2.50 bits per heavy atom. The molecule has 5 nitrogen and oxygen atoms in total. The number of carbonyl (C=O) groups is 1. The Hall–Kier alpha value is -0.850. The van der Waals surface area contributed by atoms with Gasteiger partial charge in [-0.2, -0.15) is 5.26 Å². The Balaban J connectivity index is 4.15. The van der Waals surface area contributed by atoms with Gasteiger partial charge in [-0.15, -0.1) is 0 Å². The van der Waals surface area contributed by atoms with Crippen LogP contribution in [0, 0.1) is 17.2 Å². The molecular formula is C12H22NO4P. The highest BCUT2D eigenvalue weighted by Crippen LogP contribution is 2.43. The highest BCUT2D eigenvalue weighted by atomic mass is 31.2. The molecule has 0 aromatic rings. The fraction of sp³-hybridized carbons (Fsp3) is 0.833. The lowest BCUT2D eigenvalue weighted by Crippen LogP contribution is -2.17. The van der Waals surface area contributed by atoms with Gasteiger partial charge >= 0.3 is 5.97 Å². The summed E-state index contributed by atoms with van der Waals surface area (Å²) in [5, 5.41) is 8.83. The lowest BCUT2D eigenvalue weighted by Gasteiger charge is -2.17. The monoisotopic (exact) mass is 275 g/mol. The lowest BCUT2D eigenvalue weighted by atomic mass is 10.2. The van der Waals surface area contributed by atoms with Crippen LogP contribution in [-0.4, -0.2) is 31.5 Å². The Morgan fingerprint density at radius 1 is 1.44 bits per heavy atom. The largest absolute Gasteiger partial charge is 0.447 e. The van der Waals surface area contributed by atoms with Crippen molar-refractivity contribution >= 4 is 13.3 Å². The van der Waals surface area contributed by atoms with E-state index < -0.39 is 19.4 Å². The molecule has 0 heterocycles. The lowest BCUT2D eigenvalue weighted by molar-refractivity contribution is -0.146. The van der Waals surface area contributed by atoms with Gasteiger partial charge in [-0.05, 0) is 5.92 Å². The van der Waals surface area contributed by atoms with Crippen molar-refractivity contribution in [1.82, 2.24) is 0 Å². The van der Waals surface area contributed by atoms with Gasteiger partial charge in [0.2, 0.25) is 0 Å². The van der Waals surface area contributed by atoms with Crippen molar-refractivity contribution < 1.29 is 18.6 Å². The van der Waals surface area contributed by atoms with Crippen molar-refractivity contribution in [2.24, 2.45) is 5.92 Å². The van der Waals surface area contributed by atoms with Gasteiger partial charge in [0.1, 0.15) is 6.07 Å². The van der Waals surface area contributed by atoms with E-state index in [9.17, 15) is 9.36 Å². The molecule has 2 unspecified atom stereocenters. The van der Waals surface area contributed by atoms with E-state index in [0.717, 1.165) is 0 Å². The molecule has 0 saturated carbocycles. The third-order valence-corrected chi connectivity index (χ3v) is 3.95. The van der Waals surface area contributed by atoms with Crippen LogP contribution in [0.25, 0.3) is 0 Å². The molecular weight excluding hydrogens is 253 g/mol. The molecule has 2 atom stereocenters. The van der Waals surface area contributed by atoms with Gasteiger partial charge in [0.25, 0.3) is 0 Å². The van der Waals surface area contributed by atoms with E-state index in [2.05, 4.69) is 0 Å². The molecule has 0 amide bonds. The SMILES string of the molecule is CCC(=O)OC(C#N)CCP(C)(=O)OCC(C)C. The average molecular weight is 275 g/mol. The van der Waals surface area contributed by atoms with Crippen LogP contribution in [0.1, 0.15) is 33.6 Å². The summed E-state index contributed by atoms with van der Waals surface area (Å²) < 4.78 is 22.2. The minimum Gasteiger partial charge on any atom is -0.447 e. The van der Waals surface area contributed by atoms with Gasteiger partial charge < -0.3 is 9.26 Å². The second-order valence-corrected chi connectivity index (χ2v) is 7.41. The van der Waals surface area contributed by atoms with Crippen LogP contribution in [0.5, 0.6) is 0 Å². The molecule has 18 heavy (non-hydrogen) atoms. The molecule has 0 aliphatic carbocycles. The first kappa shape index (κ1) is 17.2. The van der Waals surface area contributed by atoms with Crippen molar-refractivity contribution in [1.29, 1.82) is 5.26 Å². The first-order chi connectivity index (χ1) is 8.30. The van der Waals surface area contributed by atoms with Gasteiger partial charge in [0, 0.05) is 25.7 Å². The normalized spacial score (nSPS) is 15.8. The van der Waals surface area contributed by atoms with Gasteiger partial charge in [-0.25, -0.2) is 0 Å². The summed E-state index contributed by atoms with van der Waals surface area (Å²) in [5.41, 5.74) is 0. The topological polar surface area (TPSA) is 76.4 Å². The number of carbonyl (C=O) groups excluding carboxylic acids is 1. The van der Waals surface area contributed by atoms with Crippen LogP contribution in [0.3, 0.4) is 0 Å². The van der Waals surface area contributed by atoms with E-state index in [1.807, 2.05) is 19.9 Å². The third kappa shape index (κ3) is 8.27. The molecule has 0 aliphatic heterocycles. The van der Waals surface area contributed by atoms with Crippen LogP contribution in [-0.2, 0) is 18.6 Å². The van der Waals surface area contributed by atoms with Crippen LogP contribution in [0.4, 0.5) is 0 Å². The van der Waals surface area contributed by atoms with E-state index in [4.69, 9.17) is 14.5 Å². The number of nitrogens with zero attached hydrogens (tertiary/aromatic N) is 1. The number of hydrogen-bond donors (Lipinski definition) is 0. The molecule has 0 spiro atoms. The number of hydrogen-bond acceptors (Lipinski definition) is 5. The van der Waals surface area contributed by atoms with Gasteiger partial charge in [0.15, 0.2) is 13.5 Å². The molecule has 0 saturated heterocycles. The van der Waals surface area contributed by atoms with E-state index in [0.29, 0.717) is 12.5 Å². The summed E-state index contributed by atoms with van der Waals surface area (Å²) >= 11 is 0. The number of rotatable bonds is 8. The molecule has 0 bridgehead atoms. The van der Waals surface area contributed by atoms with Crippen molar-refractivity contribution in [3.05, 3.63) is 0 Å². The van der Waals surface area contributed by atoms with E-state index in [1.54, 1.807) is 13.6 Å². The van der Waals surface area contributed by atoms with E-state index in [1.165, 1.54) is 0 Å². The van der Waals surface area contributed by atoms with Crippen molar-refractivity contribution in [2.45, 2.75) is 39.7 Å². The minimum atomic E-state index is -2.71. The Morgan fingerprint density at radius 2 is 2.06 bits per heavy atom. The van der Waals surface area contributed by atoms with Gasteiger partial charge in [0.05, 0.1) is 6.61 Å². The minimum absolute atomic E-state index is 0.228. The molecule has 0 aliphatic rings. The van der Waals surface area contributed by atoms with Crippen LogP contribution < -0.4 is 0 Å². The van der Waals surface area contributed by atoms with Crippen molar-refractivity contribution in [2.75, 3.05) is 19.4 Å². The first-order valence-corrected chi connectivity index (χ1v) is 8.36. The maximum absolute atomic E-state index is 12.0. The Kier molecular flexibility index (Phi) is 7.90. The predicted octanol–water partition coefficient (Wildman–Crippen LogP) is 2.80. The van der Waals surface area contributed by atoms with Crippen molar-refractivity contribution in [3.63, 3.8) is 0 Å². The molecule has 104 valence electrons. The standard InChI is InChI=1S/C12H22NO4P/c1-5-12(14)17-11(8-13)6-7-18(4,15)16-9-10(2)3/h10-11H,5-7,9H2,1-4H3. The summed E-state index contributed by atoms with van der Waals surface area (Å²) in [4.78, 5) is 11.0. The Bertz CT molecular complexity index is 348. The molecule has 0 fully saturated rings. The zero-order chi connectivity index (χ0) is 14.2. The van der Waals surface area contributed by atoms with Crippen molar-refractivity contribution in [3.8, 4) is 6.07 Å². The smallest absolute Gasteiger partial charge is 0.306 e. The average Bonchev–Trinajstić information content (AvgIpc) is 2.31. The summed E-state index contributed by atoms with van der Waals surface area (Å²) in [7, 11) is -2.71. The van der Waals surface area contributed by atoms with E-state index in [-0.39, 0.29) is 19.0 Å². The maximum atomic E-state index is 12.0. The third-order valence-electron chi connectivity index (χ3n) is 2.18. The summed E-state index contributed by atoms with van der Waals surface area (Å²) in [6, 6.07) is 1.89. The zero-order valence-corrected chi connectivity index (χ0v) is 12.4. The molecule has 0 aromatic carbocycles. The fourth-order valence-corrected chi connectivity index (χ4v) is 2.56. The molecule has 0 rings (SSSR count). The van der Waals surface area contributed by atoms with Gasteiger partial charge in [-0.3, -0.25) is 9.36 Å². The second kappa shape index (κ2) is 8.29. The van der Waals surface area contributed by atoms with Gasteiger partial charge in [-0.1, -0.05) is 20.8 Å². The number of esters is 1. The van der Waals surface area contributed by atoms with E-state index >= 15 is 0 Å². The molecule has 0 radical (unpaired) electrons. The maximum Gasteiger partial charge on any atom is 0.306 e. The molecule has 6 heteroatoms. The zero-order valence-electron chi connectivity index (χ0n) is 11.5. The highest BCUT2D eigenvalue weighted by molar-refractivity contribution is 7.58. The molecule has 0 aromatic heterocycles.